The van der Waals surface area contributed by atoms with E-state index in [4.69, 9.17) is 0 Å². The van der Waals surface area contributed by atoms with Crippen molar-refractivity contribution in [3.8, 4) is 22.5 Å². The van der Waals surface area contributed by atoms with Gasteiger partial charge in [-0.2, -0.15) is 5.10 Å². The van der Waals surface area contributed by atoms with Crippen molar-refractivity contribution in [1.82, 2.24) is 30.1 Å². The molecule has 6 aromatic rings. The Labute approximate surface area is 226 Å². The van der Waals surface area contributed by atoms with Gasteiger partial charge >= 0.3 is 0 Å². The van der Waals surface area contributed by atoms with Crippen molar-refractivity contribution in [2.24, 2.45) is 0 Å². The molecule has 5 heterocycles. The SMILES string of the molecule is C=c1c(-c2cc3c(-c4ccncc4)cncc3[nH]2)n[nH]/c1=C/C=C(\C)c1cncc(CCc2ccccc2)c1. The average molecular weight is 509 g/mol. The first-order valence-electron chi connectivity index (χ1n) is 12.9. The molecule has 0 aliphatic heterocycles. The zero-order valence-corrected chi connectivity index (χ0v) is 21.7. The molecule has 0 aliphatic carbocycles. The van der Waals surface area contributed by atoms with Gasteiger partial charge in [-0.15, -0.1) is 0 Å². The van der Waals surface area contributed by atoms with Crippen molar-refractivity contribution >= 4 is 29.1 Å². The predicted molar refractivity (Wildman–Crippen MR) is 158 cm³/mol. The van der Waals surface area contributed by atoms with Crippen LogP contribution in [-0.2, 0) is 12.8 Å². The molecule has 6 heteroatoms. The maximum atomic E-state index is 4.58. The molecule has 2 N–H and O–H groups in total. The first kappa shape index (κ1) is 24.2. The number of allylic oxidation sites excluding steroid dienone is 2. The maximum Gasteiger partial charge on any atom is 0.116 e. The predicted octanol–water partition coefficient (Wildman–Crippen LogP) is 5.49. The Morgan fingerprint density at radius 1 is 0.872 bits per heavy atom. The highest BCUT2D eigenvalue weighted by Gasteiger charge is 2.12. The second-order valence-corrected chi connectivity index (χ2v) is 9.62. The Bertz CT molecular complexity index is 1880. The number of rotatable bonds is 7. The van der Waals surface area contributed by atoms with E-state index in [1.807, 2.05) is 49.1 Å². The smallest absolute Gasteiger partial charge is 0.116 e. The summed E-state index contributed by atoms with van der Waals surface area (Å²) in [6, 6.07) is 18.8. The molecular weight excluding hydrogens is 480 g/mol. The van der Waals surface area contributed by atoms with Crippen molar-refractivity contribution in [1.29, 1.82) is 0 Å². The van der Waals surface area contributed by atoms with Crippen molar-refractivity contribution < 1.29 is 0 Å². The van der Waals surface area contributed by atoms with E-state index in [-0.39, 0.29) is 0 Å². The van der Waals surface area contributed by atoms with E-state index in [1.165, 1.54) is 11.1 Å². The van der Waals surface area contributed by atoms with Crippen LogP contribution >= 0.6 is 0 Å². The molecule has 6 nitrogen and oxygen atoms in total. The van der Waals surface area contributed by atoms with Gasteiger partial charge in [0, 0.05) is 47.2 Å². The van der Waals surface area contributed by atoms with Gasteiger partial charge in [0.05, 0.1) is 22.8 Å². The molecule has 0 aliphatic rings. The van der Waals surface area contributed by atoms with Crippen LogP contribution in [0.25, 0.3) is 51.6 Å². The molecule has 1 aromatic carbocycles. The molecule has 5 aromatic heterocycles. The molecule has 39 heavy (non-hydrogen) atoms. The average Bonchev–Trinajstić information content (AvgIpc) is 3.59. The minimum absolute atomic E-state index is 0.786. The summed E-state index contributed by atoms with van der Waals surface area (Å²) in [5, 5.41) is 10.5. The lowest BCUT2D eigenvalue weighted by atomic mass is 10.0. The highest BCUT2D eigenvalue weighted by atomic mass is 15.1. The quantitative estimate of drug-likeness (QED) is 0.299. The van der Waals surface area contributed by atoms with Crippen LogP contribution in [0, 0.1) is 0 Å². The van der Waals surface area contributed by atoms with Gasteiger partial charge in [-0.3, -0.25) is 20.1 Å². The molecule has 0 spiro atoms. The van der Waals surface area contributed by atoms with E-state index in [1.54, 1.807) is 12.4 Å². The fraction of sp³-hybridized carbons (Fsp3) is 0.0909. The Kier molecular flexibility index (Phi) is 6.66. The van der Waals surface area contributed by atoms with Gasteiger partial charge in [0.2, 0.25) is 0 Å². The minimum Gasteiger partial charge on any atom is -0.352 e. The van der Waals surface area contributed by atoms with Gasteiger partial charge < -0.3 is 4.98 Å². The van der Waals surface area contributed by atoms with E-state index in [0.717, 1.165) is 68.0 Å². The number of hydrogen-bond donors (Lipinski definition) is 2. The molecular formula is C33H28N6. The zero-order valence-electron chi connectivity index (χ0n) is 21.7. The van der Waals surface area contributed by atoms with Gasteiger partial charge in [0.25, 0.3) is 0 Å². The number of aryl methyl sites for hydroxylation is 2. The second-order valence-electron chi connectivity index (χ2n) is 9.62. The number of nitrogens with one attached hydrogen (secondary N) is 2. The summed E-state index contributed by atoms with van der Waals surface area (Å²) in [5.41, 5.74) is 9.53. The third kappa shape index (κ3) is 5.18. The third-order valence-corrected chi connectivity index (χ3v) is 6.99. The van der Waals surface area contributed by atoms with Crippen LogP contribution < -0.4 is 10.6 Å². The normalized spacial score (nSPS) is 12.3. The lowest BCUT2D eigenvalue weighted by Gasteiger charge is -2.05. The molecule has 0 atom stereocenters. The summed E-state index contributed by atoms with van der Waals surface area (Å²) in [6.45, 7) is 6.41. The van der Waals surface area contributed by atoms with Crippen LogP contribution in [0.3, 0.4) is 0 Å². The summed E-state index contributed by atoms with van der Waals surface area (Å²) in [5.74, 6) is 0. The first-order chi connectivity index (χ1) is 19.2. The fourth-order valence-corrected chi connectivity index (χ4v) is 4.76. The summed E-state index contributed by atoms with van der Waals surface area (Å²) >= 11 is 0. The van der Waals surface area contributed by atoms with Crippen LogP contribution in [0.4, 0.5) is 0 Å². The number of hydrogen-bond acceptors (Lipinski definition) is 4. The molecule has 190 valence electrons. The highest BCUT2D eigenvalue weighted by Crippen LogP contribution is 2.29. The fourth-order valence-electron chi connectivity index (χ4n) is 4.76. The molecule has 0 saturated heterocycles. The summed E-state index contributed by atoms with van der Waals surface area (Å²) in [6.07, 6.45) is 17.2. The molecule has 0 unspecified atom stereocenters. The Morgan fingerprint density at radius 3 is 2.51 bits per heavy atom. The molecule has 0 bridgehead atoms. The Balaban J connectivity index is 1.26. The van der Waals surface area contributed by atoms with Gasteiger partial charge in [-0.25, -0.2) is 0 Å². The standard InChI is InChI=1S/C33H28N6/c1-22(27-16-25(18-35-19-27)10-9-24-6-4-3-5-7-24)8-11-30-23(2)33(39-38-30)31-17-28-29(20-36-21-32(28)37-31)26-12-14-34-15-13-26/h3-8,11-21,37-38H,2,9-10H2,1H3/b22-8+,30-11+. The van der Waals surface area contributed by atoms with E-state index < -0.39 is 0 Å². The number of aromatic amines is 2. The molecule has 0 radical (unpaired) electrons. The van der Waals surface area contributed by atoms with E-state index in [2.05, 4.69) is 86.1 Å². The van der Waals surface area contributed by atoms with Gasteiger partial charge in [0.1, 0.15) is 5.69 Å². The van der Waals surface area contributed by atoms with Crippen LogP contribution in [0.15, 0.2) is 97.9 Å². The number of aromatic nitrogens is 6. The highest BCUT2D eigenvalue weighted by molar-refractivity contribution is 5.97. The van der Waals surface area contributed by atoms with E-state index in [0.29, 0.717) is 0 Å². The lowest BCUT2D eigenvalue weighted by molar-refractivity contribution is 0.948. The van der Waals surface area contributed by atoms with Gasteiger partial charge in [-0.1, -0.05) is 43.0 Å². The minimum atomic E-state index is 0.786. The van der Waals surface area contributed by atoms with Gasteiger partial charge in [0.15, 0.2) is 0 Å². The maximum absolute atomic E-state index is 4.58. The molecule has 6 rings (SSSR count). The number of pyridine rings is 3. The van der Waals surface area contributed by atoms with Crippen molar-refractivity contribution in [2.45, 2.75) is 19.8 Å². The molecule has 0 saturated carbocycles. The summed E-state index contributed by atoms with van der Waals surface area (Å²) < 4.78 is 0. The number of H-pyrrole nitrogens is 2. The van der Waals surface area contributed by atoms with E-state index in [9.17, 15) is 0 Å². The number of fused-ring (bicyclic) bond motifs is 1. The number of benzene rings is 1. The largest absolute Gasteiger partial charge is 0.352 e. The van der Waals surface area contributed by atoms with Crippen molar-refractivity contribution in [3.63, 3.8) is 0 Å². The first-order valence-corrected chi connectivity index (χ1v) is 12.9. The van der Waals surface area contributed by atoms with Crippen LogP contribution in [0.5, 0.6) is 0 Å². The second kappa shape index (κ2) is 10.7. The van der Waals surface area contributed by atoms with Crippen LogP contribution in [0.1, 0.15) is 23.6 Å². The van der Waals surface area contributed by atoms with Gasteiger partial charge in [-0.05, 0) is 77.9 Å². The molecule has 0 fully saturated rings. The molecule has 0 amide bonds. The third-order valence-electron chi connectivity index (χ3n) is 6.99. The van der Waals surface area contributed by atoms with Crippen molar-refractivity contribution in [3.05, 3.63) is 125 Å². The monoisotopic (exact) mass is 508 g/mol. The van der Waals surface area contributed by atoms with E-state index >= 15 is 0 Å². The zero-order chi connectivity index (χ0) is 26.6. The van der Waals surface area contributed by atoms with Crippen LogP contribution in [0.2, 0.25) is 0 Å². The number of nitrogens with zero attached hydrogens (tertiary/aromatic N) is 4. The summed E-state index contributed by atoms with van der Waals surface area (Å²) in [7, 11) is 0. The Morgan fingerprint density at radius 2 is 1.67 bits per heavy atom. The Hall–Kier alpha value is -5.10. The van der Waals surface area contributed by atoms with Crippen LogP contribution in [-0.4, -0.2) is 30.1 Å². The topological polar surface area (TPSA) is 83.1 Å². The lowest BCUT2D eigenvalue weighted by Crippen LogP contribution is -2.21. The summed E-state index contributed by atoms with van der Waals surface area (Å²) in [4.78, 5) is 16.5. The van der Waals surface area contributed by atoms with Crippen molar-refractivity contribution in [2.75, 3.05) is 0 Å².